The van der Waals surface area contributed by atoms with Crippen LogP contribution in [-0.2, 0) is 14.4 Å². The number of amides is 1. The van der Waals surface area contributed by atoms with Gasteiger partial charge in [-0.25, -0.2) is 5.48 Å². The Balaban J connectivity index is 3.64. The molecule has 6 nitrogen and oxygen atoms in total. The quantitative estimate of drug-likeness (QED) is 0.432. The standard InChI is InChI=1S/C6H9F3N2O4/c7-6(8,9)5(14)11-15-2-1-3(10)4(12)13/h3H,1-2,10H2,(H,11,14)(H,12,13)/t3-/m0/s1. The first kappa shape index (κ1) is 13.7. The summed E-state index contributed by atoms with van der Waals surface area (Å²) in [5.41, 5.74) is 6.11. The van der Waals surface area contributed by atoms with Crippen molar-refractivity contribution < 1.29 is 32.7 Å². The highest BCUT2D eigenvalue weighted by atomic mass is 19.4. The maximum Gasteiger partial charge on any atom is 0.473 e. The van der Waals surface area contributed by atoms with E-state index in [2.05, 4.69) is 4.84 Å². The lowest BCUT2D eigenvalue weighted by Gasteiger charge is -2.09. The molecular weight excluding hydrogens is 221 g/mol. The number of hydroxylamine groups is 1. The van der Waals surface area contributed by atoms with Crippen LogP contribution in [0.25, 0.3) is 0 Å². The molecule has 1 atom stereocenters. The number of alkyl halides is 3. The Labute approximate surface area is 82.1 Å². The average molecular weight is 230 g/mol. The van der Waals surface area contributed by atoms with Crippen molar-refractivity contribution in [2.24, 2.45) is 5.73 Å². The molecule has 0 rings (SSSR count). The van der Waals surface area contributed by atoms with Gasteiger partial charge in [-0.15, -0.1) is 0 Å². The van der Waals surface area contributed by atoms with E-state index in [0.717, 1.165) is 5.48 Å². The third-order valence-corrected chi connectivity index (χ3v) is 1.27. The van der Waals surface area contributed by atoms with Gasteiger partial charge < -0.3 is 10.8 Å². The summed E-state index contributed by atoms with van der Waals surface area (Å²) in [6.07, 6.45) is -5.25. The van der Waals surface area contributed by atoms with Crippen molar-refractivity contribution in [1.29, 1.82) is 0 Å². The third-order valence-electron chi connectivity index (χ3n) is 1.27. The Morgan fingerprint density at radius 2 is 2.00 bits per heavy atom. The number of nitrogens with two attached hydrogens (primary N) is 1. The highest BCUT2D eigenvalue weighted by Crippen LogP contribution is 2.13. The van der Waals surface area contributed by atoms with Gasteiger partial charge in [-0.05, 0) is 6.42 Å². The second-order valence-electron chi connectivity index (χ2n) is 2.51. The van der Waals surface area contributed by atoms with Gasteiger partial charge in [0.15, 0.2) is 0 Å². The highest BCUT2D eigenvalue weighted by Gasteiger charge is 2.39. The first-order chi connectivity index (χ1) is 6.75. The lowest BCUT2D eigenvalue weighted by Crippen LogP contribution is -2.38. The van der Waals surface area contributed by atoms with E-state index in [1.165, 1.54) is 0 Å². The molecule has 0 fully saturated rings. The Morgan fingerprint density at radius 3 is 2.40 bits per heavy atom. The first-order valence-electron chi connectivity index (χ1n) is 3.72. The molecule has 9 heteroatoms. The van der Waals surface area contributed by atoms with Gasteiger partial charge in [-0.2, -0.15) is 13.2 Å². The zero-order chi connectivity index (χ0) is 12.1. The molecule has 0 aliphatic carbocycles. The number of halogens is 3. The average Bonchev–Trinajstić information content (AvgIpc) is 2.09. The van der Waals surface area contributed by atoms with Crippen LogP contribution in [0.3, 0.4) is 0 Å². The summed E-state index contributed by atoms with van der Waals surface area (Å²) in [6, 6.07) is -1.24. The second kappa shape index (κ2) is 5.51. The molecule has 0 spiro atoms. The van der Waals surface area contributed by atoms with Crippen LogP contribution >= 0.6 is 0 Å². The van der Waals surface area contributed by atoms with Crippen molar-refractivity contribution in [2.45, 2.75) is 18.6 Å². The zero-order valence-electron chi connectivity index (χ0n) is 7.37. The molecule has 0 aromatic carbocycles. The van der Waals surface area contributed by atoms with Crippen molar-refractivity contribution in [3.05, 3.63) is 0 Å². The number of hydrogen-bond acceptors (Lipinski definition) is 4. The van der Waals surface area contributed by atoms with E-state index in [1.807, 2.05) is 0 Å². The predicted octanol–water partition coefficient (Wildman–Crippen LogP) is -0.602. The number of hydrogen-bond donors (Lipinski definition) is 3. The Morgan fingerprint density at radius 1 is 1.47 bits per heavy atom. The van der Waals surface area contributed by atoms with Crippen molar-refractivity contribution in [1.82, 2.24) is 5.48 Å². The van der Waals surface area contributed by atoms with Crippen LogP contribution in [0.1, 0.15) is 6.42 Å². The van der Waals surface area contributed by atoms with Gasteiger partial charge in [0.1, 0.15) is 6.04 Å². The minimum absolute atomic E-state index is 0.215. The van der Waals surface area contributed by atoms with Crippen LogP contribution in [-0.4, -0.2) is 35.8 Å². The van der Waals surface area contributed by atoms with Gasteiger partial charge in [0.05, 0.1) is 6.61 Å². The van der Waals surface area contributed by atoms with Gasteiger partial charge >= 0.3 is 18.1 Å². The summed E-state index contributed by atoms with van der Waals surface area (Å²) in [5.74, 6) is -3.56. The largest absolute Gasteiger partial charge is 0.480 e. The van der Waals surface area contributed by atoms with Crippen LogP contribution in [0.2, 0.25) is 0 Å². The van der Waals surface area contributed by atoms with Crippen LogP contribution in [0, 0.1) is 0 Å². The van der Waals surface area contributed by atoms with Gasteiger partial charge in [-0.3, -0.25) is 14.4 Å². The van der Waals surface area contributed by atoms with Crippen molar-refractivity contribution >= 4 is 11.9 Å². The number of carboxylic acid groups (broad SMARTS) is 1. The molecule has 0 unspecified atom stereocenters. The maximum absolute atomic E-state index is 11.6. The summed E-state index contributed by atoms with van der Waals surface area (Å²) in [4.78, 5) is 24.4. The van der Waals surface area contributed by atoms with Crippen molar-refractivity contribution in [3.8, 4) is 0 Å². The lowest BCUT2D eigenvalue weighted by molar-refractivity contribution is -0.186. The minimum Gasteiger partial charge on any atom is -0.480 e. The van der Waals surface area contributed by atoms with Gasteiger partial charge in [-0.1, -0.05) is 0 Å². The summed E-state index contributed by atoms with van der Waals surface area (Å²) in [7, 11) is 0. The smallest absolute Gasteiger partial charge is 0.473 e. The minimum atomic E-state index is -5.03. The topological polar surface area (TPSA) is 102 Å². The van der Waals surface area contributed by atoms with E-state index in [0.29, 0.717) is 0 Å². The molecule has 0 aromatic heterocycles. The third kappa shape index (κ3) is 5.86. The number of carboxylic acids is 1. The fraction of sp³-hybridized carbons (Fsp3) is 0.667. The van der Waals surface area contributed by atoms with Gasteiger partial charge in [0.2, 0.25) is 0 Å². The predicted molar refractivity (Wildman–Crippen MR) is 40.4 cm³/mol. The number of aliphatic carboxylic acids is 1. The lowest BCUT2D eigenvalue weighted by atomic mass is 10.2. The van der Waals surface area contributed by atoms with E-state index in [1.54, 1.807) is 0 Å². The molecule has 15 heavy (non-hydrogen) atoms. The fourth-order valence-corrected chi connectivity index (χ4v) is 0.484. The van der Waals surface area contributed by atoms with E-state index >= 15 is 0 Å². The summed E-state index contributed by atoms with van der Waals surface area (Å²) < 4.78 is 34.7. The van der Waals surface area contributed by atoms with Gasteiger partial charge in [0.25, 0.3) is 0 Å². The summed E-state index contributed by atoms with van der Waals surface area (Å²) >= 11 is 0. The fourth-order valence-electron chi connectivity index (χ4n) is 0.484. The molecule has 0 aromatic rings. The Hall–Kier alpha value is -1.35. The Bertz CT molecular complexity index is 243. The molecule has 88 valence electrons. The highest BCUT2D eigenvalue weighted by molar-refractivity contribution is 5.80. The van der Waals surface area contributed by atoms with Crippen molar-refractivity contribution in [2.75, 3.05) is 6.61 Å². The number of carbonyl (C=O) groups excluding carboxylic acids is 1. The molecular formula is C6H9F3N2O4. The van der Waals surface area contributed by atoms with Crippen LogP contribution in [0.15, 0.2) is 0 Å². The van der Waals surface area contributed by atoms with E-state index < -0.39 is 30.7 Å². The van der Waals surface area contributed by atoms with Crippen LogP contribution in [0.5, 0.6) is 0 Å². The van der Waals surface area contributed by atoms with Crippen LogP contribution in [0.4, 0.5) is 13.2 Å². The molecule has 0 heterocycles. The van der Waals surface area contributed by atoms with E-state index in [9.17, 15) is 22.8 Å². The molecule has 1 amide bonds. The summed E-state index contributed by atoms with van der Waals surface area (Å²) in [5, 5.41) is 8.27. The molecule has 0 radical (unpaired) electrons. The molecule has 0 aliphatic rings. The molecule has 0 bridgehead atoms. The SMILES string of the molecule is N[C@@H](CCONC(=O)C(F)(F)F)C(=O)O. The van der Waals surface area contributed by atoms with Gasteiger partial charge in [0, 0.05) is 0 Å². The monoisotopic (exact) mass is 230 g/mol. The second-order valence-corrected chi connectivity index (χ2v) is 2.51. The Kier molecular flexibility index (Phi) is 5.02. The molecule has 0 aliphatic heterocycles. The molecule has 4 N–H and O–H groups in total. The van der Waals surface area contributed by atoms with E-state index in [4.69, 9.17) is 10.8 Å². The maximum atomic E-state index is 11.6. The molecule has 0 saturated carbocycles. The number of rotatable bonds is 5. The van der Waals surface area contributed by atoms with E-state index in [-0.39, 0.29) is 6.42 Å². The number of nitrogens with one attached hydrogen (secondary N) is 1. The molecule has 0 saturated heterocycles. The normalized spacial score (nSPS) is 13.3. The summed E-state index contributed by atoms with van der Waals surface area (Å²) in [6.45, 7) is -0.421. The first-order valence-corrected chi connectivity index (χ1v) is 3.72. The van der Waals surface area contributed by atoms with Crippen molar-refractivity contribution in [3.63, 3.8) is 0 Å². The van der Waals surface area contributed by atoms with Crippen LogP contribution < -0.4 is 11.2 Å². The number of carbonyl (C=O) groups is 2. The zero-order valence-corrected chi connectivity index (χ0v) is 7.37.